The second-order valence-corrected chi connectivity index (χ2v) is 7.58. The lowest BCUT2D eigenvalue weighted by Gasteiger charge is -2.26. The highest BCUT2D eigenvalue weighted by Gasteiger charge is 2.21. The molecule has 1 aliphatic rings. The molecule has 182 valence electrons. The number of ether oxygens (including phenoxy) is 4. The van der Waals surface area contributed by atoms with Crippen LogP contribution < -0.4 is 19.5 Å². The minimum Gasteiger partial charge on any atom is -0.494 e. The monoisotopic (exact) mass is 476 g/mol. The third-order valence-electron chi connectivity index (χ3n) is 5.38. The lowest BCUT2D eigenvalue weighted by Crippen LogP contribution is -2.36. The maximum Gasteiger partial charge on any atom is 0.228 e. The zero-order valence-electron chi connectivity index (χ0n) is 19.2. The number of nitrogens with one attached hydrogen (secondary N) is 1. The van der Waals surface area contributed by atoms with Crippen molar-refractivity contribution in [1.29, 1.82) is 0 Å². The molecule has 1 N–H and O–H groups in total. The summed E-state index contributed by atoms with van der Waals surface area (Å²) in [5, 5.41) is 7.50. The van der Waals surface area contributed by atoms with Gasteiger partial charge in [-0.2, -0.15) is 5.10 Å². The first kappa shape index (κ1) is 23.6. The molecule has 2 aromatic heterocycles. The summed E-state index contributed by atoms with van der Waals surface area (Å²) in [7, 11) is 4.45. The highest BCUT2D eigenvalue weighted by atomic mass is 19.1. The number of hydrogen-bond donors (Lipinski definition) is 1. The molecule has 0 atom stereocenters. The van der Waals surface area contributed by atoms with Crippen molar-refractivity contribution in [2.45, 2.75) is 13.2 Å². The second-order valence-electron chi connectivity index (χ2n) is 7.58. The summed E-state index contributed by atoms with van der Waals surface area (Å²) in [5.74, 6) is -0.853. The van der Waals surface area contributed by atoms with E-state index in [0.29, 0.717) is 11.8 Å². The number of morpholine rings is 1. The van der Waals surface area contributed by atoms with Crippen molar-refractivity contribution >= 4 is 11.8 Å². The van der Waals surface area contributed by atoms with Gasteiger partial charge < -0.3 is 24.3 Å². The molecule has 0 aliphatic carbocycles. The van der Waals surface area contributed by atoms with Gasteiger partial charge in [0.05, 0.1) is 51.1 Å². The van der Waals surface area contributed by atoms with E-state index in [2.05, 4.69) is 25.3 Å². The van der Waals surface area contributed by atoms with Crippen molar-refractivity contribution in [3.63, 3.8) is 0 Å². The number of rotatable bonds is 9. The molecule has 1 aromatic carbocycles. The van der Waals surface area contributed by atoms with E-state index in [0.717, 1.165) is 44.6 Å². The van der Waals surface area contributed by atoms with Crippen LogP contribution in [0.4, 0.5) is 20.5 Å². The predicted octanol–water partition coefficient (Wildman–Crippen LogP) is 2.66. The molecule has 1 fully saturated rings. The minimum absolute atomic E-state index is 0.143. The molecular weight excluding hydrogens is 450 g/mol. The van der Waals surface area contributed by atoms with E-state index in [4.69, 9.17) is 18.9 Å². The van der Waals surface area contributed by atoms with Gasteiger partial charge in [-0.3, -0.25) is 9.58 Å². The Morgan fingerprint density at radius 2 is 1.68 bits per heavy atom. The van der Waals surface area contributed by atoms with Gasteiger partial charge in [-0.25, -0.2) is 18.7 Å². The molecule has 1 saturated heterocycles. The molecule has 3 heterocycles. The van der Waals surface area contributed by atoms with Crippen LogP contribution in [0.2, 0.25) is 0 Å². The van der Waals surface area contributed by atoms with E-state index >= 15 is 0 Å². The maximum atomic E-state index is 14.5. The lowest BCUT2D eigenvalue weighted by atomic mass is 10.1. The second kappa shape index (κ2) is 10.6. The van der Waals surface area contributed by atoms with E-state index < -0.39 is 18.2 Å². The number of halogens is 2. The molecule has 3 aromatic rings. The summed E-state index contributed by atoms with van der Waals surface area (Å²) in [6.07, 6.45) is 2.81. The Balaban J connectivity index is 1.38. The van der Waals surface area contributed by atoms with Gasteiger partial charge in [0, 0.05) is 38.8 Å². The quantitative estimate of drug-likeness (QED) is 0.500. The highest BCUT2D eigenvalue weighted by molar-refractivity contribution is 5.48. The first-order valence-corrected chi connectivity index (χ1v) is 10.6. The highest BCUT2D eigenvalue weighted by Crippen LogP contribution is 2.32. The third-order valence-corrected chi connectivity index (χ3v) is 5.38. The zero-order valence-corrected chi connectivity index (χ0v) is 19.2. The number of anilines is 2. The summed E-state index contributed by atoms with van der Waals surface area (Å²) in [5.41, 5.74) is 0.724. The Morgan fingerprint density at radius 1 is 1.03 bits per heavy atom. The standard InChI is InChI=1S/C22H26F2N6O4/c1-29-14(12-30-4-6-33-7-5-30)8-19(28-29)27-22-25-10-15(11-26-22)34-13-16-20(23)17(31-2)9-18(32-3)21(16)24/h8-11H,4-7,12-13H2,1-3H3,(H,25,26,27,28). The van der Waals surface area contributed by atoms with E-state index in [1.807, 2.05) is 13.1 Å². The van der Waals surface area contributed by atoms with Gasteiger partial charge in [-0.1, -0.05) is 0 Å². The number of aryl methyl sites for hydroxylation is 1. The molecule has 1 aliphatic heterocycles. The fourth-order valence-corrected chi connectivity index (χ4v) is 3.49. The van der Waals surface area contributed by atoms with Gasteiger partial charge >= 0.3 is 0 Å². The third kappa shape index (κ3) is 5.34. The summed E-state index contributed by atoms with van der Waals surface area (Å²) < 4.78 is 51.5. The van der Waals surface area contributed by atoms with Crippen LogP contribution in [-0.2, 0) is 24.9 Å². The van der Waals surface area contributed by atoms with E-state index in [1.165, 1.54) is 26.6 Å². The SMILES string of the molecule is COc1cc(OC)c(F)c(COc2cnc(Nc3cc(CN4CCOCC4)n(C)n3)nc2)c1F. The minimum atomic E-state index is -0.858. The van der Waals surface area contributed by atoms with Crippen LogP contribution in [0.15, 0.2) is 24.5 Å². The van der Waals surface area contributed by atoms with E-state index in [-0.39, 0.29) is 22.8 Å². The molecule has 0 amide bonds. The number of benzene rings is 1. The Labute approximate surface area is 195 Å². The first-order valence-electron chi connectivity index (χ1n) is 10.6. The predicted molar refractivity (Wildman–Crippen MR) is 118 cm³/mol. The Bertz CT molecular complexity index is 1090. The molecule has 0 bridgehead atoms. The van der Waals surface area contributed by atoms with Gasteiger partial charge in [-0.05, 0) is 0 Å². The lowest BCUT2D eigenvalue weighted by molar-refractivity contribution is 0.0331. The molecular formula is C22H26F2N6O4. The normalized spacial score (nSPS) is 14.1. The molecule has 12 heteroatoms. The zero-order chi connectivity index (χ0) is 24.1. The number of methoxy groups -OCH3 is 2. The van der Waals surface area contributed by atoms with Gasteiger partial charge in [0.15, 0.2) is 34.7 Å². The smallest absolute Gasteiger partial charge is 0.228 e. The molecule has 0 unspecified atom stereocenters. The maximum absolute atomic E-state index is 14.5. The molecule has 0 radical (unpaired) electrons. The van der Waals surface area contributed by atoms with E-state index in [9.17, 15) is 8.78 Å². The number of hydrogen-bond acceptors (Lipinski definition) is 9. The average Bonchev–Trinajstić information content (AvgIpc) is 3.19. The van der Waals surface area contributed by atoms with Crippen molar-refractivity contribution in [3.05, 3.63) is 47.4 Å². The Morgan fingerprint density at radius 3 is 2.29 bits per heavy atom. The van der Waals surface area contributed by atoms with Gasteiger partial charge in [0.25, 0.3) is 0 Å². The molecule has 4 rings (SSSR count). The summed E-state index contributed by atoms with van der Waals surface area (Å²) in [6.45, 7) is 3.60. The molecule has 0 saturated carbocycles. The largest absolute Gasteiger partial charge is 0.494 e. The van der Waals surface area contributed by atoms with Crippen molar-refractivity contribution in [2.24, 2.45) is 7.05 Å². The van der Waals surface area contributed by atoms with Crippen LogP contribution in [0.5, 0.6) is 17.2 Å². The van der Waals surface area contributed by atoms with Crippen LogP contribution in [0.3, 0.4) is 0 Å². The topological polar surface area (TPSA) is 95.8 Å². The van der Waals surface area contributed by atoms with Crippen LogP contribution in [0, 0.1) is 11.6 Å². The van der Waals surface area contributed by atoms with Crippen LogP contribution in [0.25, 0.3) is 0 Å². The molecule has 0 spiro atoms. The fourth-order valence-electron chi connectivity index (χ4n) is 3.49. The Kier molecular flexibility index (Phi) is 7.38. The van der Waals surface area contributed by atoms with Gasteiger partial charge in [0.2, 0.25) is 5.95 Å². The number of aromatic nitrogens is 4. The first-order chi connectivity index (χ1) is 16.5. The van der Waals surface area contributed by atoms with E-state index in [1.54, 1.807) is 4.68 Å². The van der Waals surface area contributed by atoms with Gasteiger partial charge in [-0.15, -0.1) is 0 Å². The Hall–Kier alpha value is -3.51. The van der Waals surface area contributed by atoms with Crippen LogP contribution in [-0.4, -0.2) is 65.2 Å². The van der Waals surface area contributed by atoms with Crippen molar-refractivity contribution in [1.82, 2.24) is 24.6 Å². The van der Waals surface area contributed by atoms with Crippen LogP contribution in [0.1, 0.15) is 11.3 Å². The number of nitrogens with zero attached hydrogens (tertiary/aromatic N) is 5. The van der Waals surface area contributed by atoms with Crippen molar-refractivity contribution in [2.75, 3.05) is 45.8 Å². The van der Waals surface area contributed by atoms with Crippen LogP contribution >= 0.6 is 0 Å². The van der Waals surface area contributed by atoms with Gasteiger partial charge in [0.1, 0.15) is 6.61 Å². The molecule has 34 heavy (non-hydrogen) atoms. The molecule has 10 nitrogen and oxygen atoms in total. The van der Waals surface area contributed by atoms with Crippen molar-refractivity contribution in [3.8, 4) is 17.2 Å². The summed E-state index contributed by atoms with van der Waals surface area (Å²) >= 11 is 0. The summed E-state index contributed by atoms with van der Waals surface area (Å²) in [6, 6.07) is 3.08. The average molecular weight is 476 g/mol. The van der Waals surface area contributed by atoms with Crippen molar-refractivity contribution < 1.29 is 27.7 Å². The summed E-state index contributed by atoms with van der Waals surface area (Å²) in [4.78, 5) is 10.7. The fraction of sp³-hybridized carbons (Fsp3) is 0.409.